The van der Waals surface area contributed by atoms with Gasteiger partial charge in [0.25, 0.3) is 0 Å². The molecule has 0 atom stereocenters. The van der Waals surface area contributed by atoms with E-state index in [-0.39, 0.29) is 17.7 Å². The molecule has 0 aliphatic heterocycles. The summed E-state index contributed by atoms with van der Waals surface area (Å²) in [6.45, 7) is 1.81. The monoisotopic (exact) mass is 222 g/mol. The van der Waals surface area contributed by atoms with Crippen LogP contribution in [-0.2, 0) is 0 Å². The first-order valence-electron chi connectivity index (χ1n) is 5.22. The molecule has 1 aliphatic rings. The van der Waals surface area contributed by atoms with Crippen LogP contribution in [0.4, 0.5) is 5.82 Å². The van der Waals surface area contributed by atoms with Crippen molar-refractivity contribution in [1.82, 2.24) is 4.98 Å². The number of aromatic nitrogens is 1. The minimum Gasteiger partial charge on any atom is -0.478 e. The van der Waals surface area contributed by atoms with Crippen LogP contribution < -0.4 is 5.32 Å². The molecule has 1 aliphatic carbocycles. The van der Waals surface area contributed by atoms with Gasteiger partial charge in [0.05, 0.1) is 6.10 Å². The summed E-state index contributed by atoms with van der Waals surface area (Å²) in [7, 11) is 0. The lowest BCUT2D eigenvalue weighted by molar-refractivity contribution is 0.0697. The zero-order chi connectivity index (χ0) is 11.7. The Hall–Kier alpha value is -1.62. The number of carbonyl (C=O) groups is 1. The molecule has 1 aromatic heterocycles. The van der Waals surface area contributed by atoms with Crippen LogP contribution >= 0.6 is 0 Å². The van der Waals surface area contributed by atoms with Crippen molar-refractivity contribution < 1.29 is 15.0 Å². The third kappa shape index (κ3) is 2.14. The molecule has 0 amide bonds. The summed E-state index contributed by atoms with van der Waals surface area (Å²) in [4.78, 5) is 15.1. The van der Waals surface area contributed by atoms with Crippen LogP contribution in [0, 0.1) is 6.92 Å². The number of hydrogen-bond donors (Lipinski definition) is 3. The lowest BCUT2D eigenvalue weighted by Gasteiger charge is -2.32. The molecule has 5 heteroatoms. The summed E-state index contributed by atoms with van der Waals surface area (Å²) >= 11 is 0. The number of nitrogens with one attached hydrogen (secondary N) is 1. The maximum absolute atomic E-state index is 11.0. The number of aliphatic hydroxyl groups is 1. The van der Waals surface area contributed by atoms with Crippen molar-refractivity contribution >= 4 is 11.8 Å². The number of rotatable bonds is 3. The fourth-order valence-electron chi connectivity index (χ4n) is 1.74. The van der Waals surface area contributed by atoms with Crippen LogP contribution in [0.5, 0.6) is 0 Å². The molecule has 0 bridgehead atoms. The van der Waals surface area contributed by atoms with Crippen LogP contribution in [0.15, 0.2) is 12.1 Å². The molecule has 3 N–H and O–H groups in total. The van der Waals surface area contributed by atoms with E-state index in [0.717, 1.165) is 5.69 Å². The van der Waals surface area contributed by atoms with Gasteiger partial charge < -0.3 is 15.5 Å². The zero-order valence-electron chi connectivity index (χ0n) is 8.97. The number of pyridine rings is 1. The average Bonchev–Trinajstić information content (AvgIpc) is 2.15. The SMILES string of the molecule is Cc1ccc(C(=O)O)c(NC2CC(O)C2)n1. The number of aryl methyl sites for hydroxylation is 1. The van der Waals surface area contributed by atoms with Gasteiger partial charge in [-0.1, -0.05) is 0 Å². The average molecular weight is 222 g/mol. The normalized spacial score (nSPS) is 23.6. The predicted molar refractivity (Wildman–Crippen MR) is 58.6 cm³/mol. The number of carboxylic acid groups (broad SMARTS) is 1. The number of aromatic carboxylic acids is 1. The van der Waals surface area contributed by atoms with Gasteiger partial charge in [0, 0.05) is 11.7 Å². The Labute approximate surface area is 93.1 Å². The number of carboxylic acids is 1. The van der Waals surface area contributed by atoms with E-state index in [1.807, 2.05) is 6.92 Å². The minimum absolute atomic E-state index is 0.127. The lowest BCUT2D eigenvalue weighted by Crippen LogP contribution is -2.39. The predicted octanol–water partition coefficient (Wildman–Crippen LogP) is 1.02. The highest BCUT2D eigenvalue weighted by atomic mass is 16.4. The fourth-order valence-corrected chi connectivity index (χ4v) is 1.74. The fraction of sp³-hybridized carbons (Fsp3) is 0.455. The van der Waals surface area contributed by atoms with Crippen LogP contribution in [0.2, 0.25) is 0 Å². The van der Waals surface area contributed by atoms with Crippen molar-refractivity contribution in [2.45, 2.75) is 31.9 Å². The maximum atomic E-state index is 11.0. The summed E-state index contributed by atoms with van der Waals surface area (Å²) in [5, 5.41) is 21.2. The molecule has 1 heterocycles. The second-order valence-electron chi connectivity index (χ2n) is 4.12. The Kier molecular flexibility index (Phi) is 2.78. The summed E-state index contributed by atoms with van der Waals surface area (Å²) in [5.74, 6) is -0.598. The number of anilines is 1. The van der Waals surface area contributed by atoms with Crippen molar-refractivity contribution in [3.63, 3.8) is 0 Å². The van der Waals surface area contributed by atoms with Crippen LogP contribution in [0.1, 0.15) is 28.9 Å². The lowest BCUT2D eigenvalue weighted by atomic mass is 9.89. The second-order valence-corrected chi connectivity index (χ2v) is 4.12. The Morgan fingerprint density at radius 1 is 1.50 bits per heavy atom. The van der Waals surface area contributed by atoms with Gasteiger partial charge in [-0.05, 0) is 31.9 Å². The van der Waals surface area contributed by atoms with Crippen LogP contribution in [-0.4, -0.2) is 33.3 Å². The van der Waals surface area contributed by atoms with E-state index >= 15 is 0 Å². The Morgan fingerprint density at radius 2 is 2.19 bits per heavy atom. The van der Waals surface area contributed by atoms with Crippen molar-refractivity contribution in [3.8, 4) is 0 Å². The first-order chi connectivity index (χ1) is 7.56. The molecule has 1 fully saturated rings. The van der Waals surface area contributed by atoms with Crippen LogP contribution in [0.25, 0.3) is 0 Å². The first kappa shape index (κ1) is 10.9. The van der Waals surface area contributed by atoms with E-state index in [0.29, 0.717) is 18.7 Å². The molecule has 0 saturated heterocycles. The molecule has 0 aromatic carbocycles. The van der Waals surface area contributed by atoms with Gasteiger partial charge in [-0.2, -0.15) is 0 Å². The molecule has 0 radical (unpaired) electrons. The summed E-state index contributed by atoms with van der Waals surface area (Å²) in [6.07, 6.45) is 1.03. The van der Waals surface area contributed by atoms with Gasteiger partial charge in [0.15, 0.2) is 0 Å². The quantitative estimate of drug-likeness (QED) is 0.711. The van der Waals surface area contributed by atoms with Gasteiger partial charge in [-0.25, -0.2) is 9.78 Å². The zero-order valence-corrected chi connectivity index (χ0v) is 8.97. The standard InChI is InChI=1S/C11H14N2O3/c1-6-2-3-9(11(15)16)10(12-6)13-7-4-8(14)5-7/h2-3,7-8,14H,4-5H2,1H3,(H,12,13)(H,15,16). The minimum atomic E-state index is -0.991. The van der Waals surface area contributed by atoms with Gasteiger partial charge in [-0.15, -0.1) is 0 Å². The molecule has 1 saturated carbocycles. The highest BCUT2D eigenvalue weighted by molar-refractivity contribution is 5.93. The van der Waals surface area contributed by atoms with E-state index in [9.17, 15) is 4.79 Å². The van der Waals surface area contributed by atoms with Crippen molar-refractivity contribution in [3.05, 3.63) is 23.4 Å². The van der Waals surface area contributed by atoms with Gasteiger partial charge >= 0.3 is 5.97 Å². The molecule has 0 spiro atoms. The topological polar surface area (TPSA) is 82.5 Å². The van der Waals surface area contributed by atoms with Crippen LogP contribution in [0.3, 0.4) is 0 Å². The molecule has 86 valence electrons. The summed E-state index contributed by atoms with van der Waals surface area (Å²) in [5.41, 5.74) is 0.944. The largest absolute Gasteiger partial charge is 0.478 e. The molecule has 0 unspecified atom stereocenters. The highest BCUT2D eigenvalue weighted by Crippen LogP contribution is 2.25. The van der Waals surface area contributed by atoms with E-state index in [1.54, 1.807) is 12.1 Å². The molecule has 5 nitrogen and oxygen atoms in total. The highest BCUT2D eigenvalue weighted by Gasteiger charge is 2.28. The maximum Gasteiger partial charge on any atom is 0.339 e. The van der Waals surface area contributed by atoms with E-state index in [4.69, 9.17) is 10.2 Å². The first-order valence-corrected chi connectivity index (χ1v) is 5.22. The summed E-state index contributed by atoms with van der Waals surface area (Å²) in [6, 6.07) is 3.34. The van der Waals surface area contributed by atoms with E-state index < -0.39 is 5.97 Å². The molecular weight excluding hydrogens is 208 g/mol. The van der Waals surface area contributed by atoms with Crippen molar-refractivity contribution in [1.29, 1.82) is 0 Å². The molecule has 16 heavy (non-hydrogen) atoms. The van der Waals surface area contributed by atoms with E-state index in [1.165, 1.54) is 0 Å². The Bertz CT molecular complexity index is 414. The third-order valence-corrected chi connectivity index (χ3v) is 2.72. The van der Waals surface area contributed by atoms with Crippen molar-refractivity contribution in [2.75, 3.05) is 5.32 Å². The van der Waals surface area contributed by atoms with Gasteiger partial charge in [-0.3, -0.25) is 0 Å². The van der Waals surface area contributed by atoms with Gasteiger partial charge in [0.1, 0.15) is 11.4 Å². The number of aliphatic hydroxyl groups excluding tert-OH is 1. The summed E-state index contributed by atoms with van der Waals surface area (Å²) < 4.78 is 0. The number of nitrogens with zero attached hydrogens (tertiary/aromatic N) is 1. The Balaban J connectivity index is 2.17. The second kappa shape index (κ2) is 4.09. The Morgan fingerprint density at radius 3 is 2.75 bits per heavy atom. The molecule has 1 aromatic rings. The van der Waals surface area contributed by atoms with Gasteiger partial charge in [0.2, 0.25) is 0 Å². The molecule has 2 rings (SSSR count). The smallest absolute Gasteiger partial charge is 0.339 e. The third-order valence-electron chi connectivity index (χ3n) is 2.72. The van der Waals surface area contributed by atoms with E-state index in [2.05, 4.69) is 10.3 Å². The molecular formula is C11H14N2O3. The van der Waals surface area contributed by atoms with Crippen molar-refractivity contribution in [2.24, 2.45) is 0 Å². The number of hydrogen-bond acceptors (Lipinski definition) is 4.